The molecule has 1 aliphatic carbocycles. The van der Waals surface area contributed by atoms with Gasteiger partial charge in [0.2, 0.25) is 11.9 Å². The van der Waals surface area contributed by atoms with Gasteiger partial charge < -0.3 is 29.6 Å². The van der Waals surface area contributed by atoms with Crippen molar-refractivity contribution < 1.29 is 28.6 Å². The number of fused-ring (bicyclic) bond motifs is 2. The number of rotatable bonds is 8. The lowest BCUT2D eigenvalue weighted by Crippen LogP contribution is -2.45. The van der Waals surface area contributed by atoms with Crippen LogP contribution in [0.3, 0.4) is 0 Å². The van der Waals surface area contributed by atoms with Crippen molar-refractivity contribution in [3.8, 4) is 22.8 Å². The van der Waals surface area contributed by atoms with Crippen molar-refractivity contribution >= 4 is 22.7 Å². The largest absolute Gasteiger partial charge is 0.489 e. The number of carbonyl (C=O) groups is 2. The molecule has 2 aromatic heterocycles. The molecule has 0 bridgehead atoms. The van der Waals surface area contributed by atoms with Crippen LogP contribution in [0.2, 0.25) is 0 Å². The van der Waals surface area contributed by atoms with Crippen LogP contribution in [-0.2, 0) is 15.8 Å². The molecule has 10 nitrogen and oxygen atoms in total. The third-order valence-electron chi connectivity index (χ3n) is 9.19. The first-order valence-corrected chi connectivity index (χ1v) is 15.7. The van der Waals surface area contributed by atoms with E-state index in [4.69, 9.17) is 21.0 Å². The Labute approximate surface area is 271 Å². The molecule has 3 aliphatic rings. The number of aromatic nitrogens is 2. The number of carbonyl (C=O) groups excluding carboxylic acids is 2. The van der Waals surface area contributed by atoms with E-state index in [9.17, 15) is 19.1 Å². The molecule has 2 aliphatic heterocycles. The average molecular weight is 636 g/mol. The lowest BCUT2D eigenvalue weighted by Gasteiger charge is -2.29. The van der Waals surface area contributed by atoms with Crippen molar-refractivity contribution in [2.24, 2.45) is 0 Å². The average Bonchev–Trinajstić information content (AvgIpc) is 3.64. The van der Waals surface area contributed by atoms with Crippen LogP contribution in [0.1, 0.15) is 54.7 Å². The highest BCUT2D eigenvalue weighted by Crippen LogP contribution is 2.46. The fourth-order valence-electron chi connectivity index (χ4n) is 6.21. The lowest BCUT2D eigenvalue weighted by molar-refractivity contribution is -0.136. The number of nitrogens with zero attached hydrogens (tertiary/aromatic N) is 4. The van der Waals surface area contributed by atoms with Crippen LogP contribution in [0.5, 0.6) is 11.5 Å². The van der Waals surface area contributed by atoms with Gasteiger partial charge in [0.15, 0.2) is 0 Å². The van der Waals surface area contributed by atoms with Crippen LogP contribution in [0.4, 0.5) is 4.39 Å². The minimum Gasteiger partial charge on any atom is -0.489 e. The summed E-state index contributed by atoms with van der Waals surface area (Å²) in [5, 5.41) is 15.4. The Morgan fingerprint density at radius 2 is 2.00 bits per heavy atom. The van der Waals surface area contributed by atoms with Crippen molar-refractivity contribution in [2.75, 3.05) is 26.2 Å². The number of hydrogen-bond donors (Lipinski definition) is 2. The van der Waals surface area contributed by atoms with Crippen molar-refractivity contribution in [3.05, 3.63) is 94.8 Å². The molecule has 0 radical (unpaired) electrons. The van der Waals surface area contributed by atoms with Crippen molar-refractivity contribution in [2.45, 2.75) is 56.3 Å². The first-order chi connectivity index (χ1) is 22.6. The Balaban J connectivity index is 1.21. The van der Waals surface area contributed by atoms with Crippen molar-refractivity contribution in [3.63, 3.8) is 0 Å². The summed E-state index contributed by atoms with van der Waals surface area (Å²) < 4.78 is 26.1. The molecule has 0 spiro atoms. The molecule has 2 aromatic carbocycles. The van der Waals surface area contributed by atoms with Crippen LogP contribution in [0, 0.1) is 12.4 Å². The molecule has 240 valence electrons. The van der Waals surface area contributed by atoms with Gasteiger partial charge >= 0.3 is 0 Å². The maximum absolute atomic E-state index is 13.9. The van der Waals surface area contributed by atoms with E-state index in [0.717, 1.165) is 18.2 Å². The molecule has 2 N–H and O–H groups in total. The zero-order chi connectivity index (χ0) is 32.9. The van der Waals surface area contributed by atoms with E-state index < -0.39 is 22.7 Å². The highest BCUT2D eigenvalue weighted by atomic mass is 19.1. The second-order valence-electron chi connectivity index (χ2n) is 13.0. The second-order valence-corrected chi connectivity index (χ2v) is 13.0. The molecule has 2 amide bonds. The number of pyridine rings is 2. The number of aliphatic hydroxyl groups is 1. The van der Waals surface area contributed by atoms with E-state index in [1.165, 1.54) is 19.1 Å². The fraction of sp³-hybridized carbons (Fsp3) is 0.361. The minimum absolute atomic E-state index is 0.0423. The zero-order valence-corrected chi connectivity index (χ0v) is 26.1. The highest BCUT2D eigenvalue weighted by Gasteiger charge is 2.49. The predicted octanol–water partition coefficient (Wildman–Crippen LogP) is 4.78. The second kappa shape index (κ2) is 11.6. The summed E-state index contributed by atoms with van der Waals surface area (Å²) in [4.78, 5) is 41.9. The quantitative estimate of drug-likeness (QED) is 0.268. The Kier molecular flexibility index (Phi) is 7.56. The molecule has 2 fully saturated rings. The maximum Gasteiger partial charge on any atom is 0.251 e. The van der Waals surface area contributed by atoms with E-state index in [2.05, 4.69) is 15.1 Å². The molecule has 1 saturated heterocycles. The van der Waals surface area contributed by atoms with Gasteiger partial charge in [-0.2, -0.15) is 0 Å². The normalized spacial score (nSPS) is 21.4. The summed E-state index contributed by atoms with van der Waals surface area (Å²) in [5.74, 6) is -0.0898. The molecule has 47 heavy (non-hydrogen) atoms. The summed E-state index contributed by atoms with van der Waals surface area (Å²) in [6.45, 7) is 11.4. The van der Waals surface area contributed by atoms with Crippen LogP contribution >= 0.6 is 0 Å². The van der Waals surface area contributed by atoms with Gasteiger partial charge in [-0.25, -0.2) is 15.9 Å². The van der Waals surface area contributed by atoms with Gasteiger partial charge in [-0.3, -0.25) is 14.6 Å². The molecule has 4 heterocycles. The molecule has 1 unspecified atom stereocenters. The molecular formula is C36H34FN5O5. The van der Waals surface area contributed by atoms with Crippen LogP contribution < -0.4 is 14.8 Å². The summed E-state index contributed by atoms with van der Waals surface area (Å²) >= 11 is 0. The standard InChI is InChI=1S/C36H34FN5O5/c1-35(34(44)42-14-12-25(18-42)38-3)20-46-32-27(35)17-29(41-31(32)21-6-8-24(37)9-7-21)36(2,45)19-40-33(43)23-15-22-5-4-13-39-30(22)28(16-23)47-26-10-11-26/h4-9,13,15-17,25-26,45H,10-12,14,18-20H2,1-2H3,(H,40,43)/t25?,35-,36-/m0/s1. The molecule has 1 saturated carbocycles. The van der Waals surface area contributed by atoms with Crippen LogP contribution in [0.25, 0.3) is 27.0 Å². The highest BCUT2D eigenvalue weighted by molar-refractivity contribution is 6.00. The molecule has 3 atom stereocenters. The van der Waals surface area contributed by atoms with Crippen LogP contribution in [0.15, 0.2) is 60.8 Å². The maximum atomic E-state index is 13.9. The Morgan fingerprint density at radius 3 is 2.72 bits per heavy atom. The van der Waals surface area contributed by atoms with E-state index >= 15 is 0 Å². The number of ether oxygens (including phenoxy) is 2. The smallest absolute Gasteiger partial charge is 0.251 e. The number of hydrogen-bond acceptors (Lipinski definition) is 7. The number of benzene rings is 2. The summed E-state index contributed by atoms with van der Waals surface area (Å²) in [6, 6.07) is 14.2. The Bertz CT molecular complexity index is 1940. The van der Waals surface area contributed by atoms with E-state index in [1.807, 2.05) is 6.07 Å². The molecular weight excluding hydrogens is 601 g/mol. The fourth-order valence-corrected chi connectivity index (χ4v) is 6.21. The monoisotopic (exact) mass is 635 g/mol. The number of likely N-dealkylation sites (tertiary alicyclic amines) is 1. The topological polar surface area (TPSA) is 118 Å². The first-order valence-electron chi connectivity index (χ1n) is 15.7. The molecule has 4 aromatic rings. The summed E-state index contributed by atoms with van der Waals surface area (Å²) in [5.41, 5.74) is -0.115. The number of nitrogens with one attached hydrogen (secondary N) is 1. The zero-order valence-electron chi connectivity index (χ0n) is 26.1. The van der Waals surface area contributed by atoms with Crippen LogP contribution in [-0.4, -0.2) is 70.2 Å². The van der Waals surface area contributed by atoms with Gasteiger partial charge in [-0.15, -0.1) is 0 Å². The summed E-state index contributed by atoms with van der Waals surface area (Å²) in [6.07, 6.45) is 4.31. The Morgan fingerprint density at radius 1 is 1.21 bits per heavy atom. The predicted molar refractivity (Wildman–Crippen MR) is 171 cm³/mol. The number of halogens is 1. The Hall–Kier alpha value is -5.08. The first kappa shape index (κ1) is 30.6. The third kappa shape index (κ3) is 5.74. The molecule has 7 rings (SSSR count). The minimum atomic E-state index is -1.68. The molecule has 11 heteroatoms. The van der Waals surface area contributed by atoms with Crippen molar-refractivity contribution in [1.29, 1.82) is 0 Å². The lowest BCUT2D eigenvalue weighted by atomic mass is 9.81. The summed E-state index contributed by atoms with van der Waals surface area (Å²) in [7, 11) is 0. The van der Waals surface area contributed by atoms with Gasteiger partial charge in [0.25, 0.3) is 5.91 Å². The van der Waals surface area contributed by atoms with Gasteiger partial charge in [0.1, 0.15) is 46.1 Å². The van der Waals surface area contributed by atoms with E-state index in [-0.39, 0.29) is 36.9 Å². The third-order valence-corrected chi connectivity index (χ3v) is 9.19. The van der Waals surface area contributed by atoms with Gasteiger partial charge in [-0.05, 0) is 75.2 Å². The van der Waals surface area contributed by atoms with E-state index in [1.54, 1.807) is 54.4 Å². The van der Waals surface area contributed by atoms with Crippen molar-refractivity contribution in [1.82, 2.24) is 20.2 Å². The number of amides is 2. The SMILES string of the molecule is [C-]#[N+]C1CCN(C(=O)[C@@]2(C)COc3c2cc([C@@](C)(O)CNC(=O)c2cc(OC4CC4)c4ncccc4c2)nc3-c2ccc(F)cc2)C1. The van der Waals surface area contributed by atoms with Gasteiger partial charge in [-0.1, -0.05) is 6.07 Å². The van der Waals surface area contributed by atoms with E-state index in [0.29, 0.717) is 58.9 Å². The van der Waals surface area contributed by atoms with Gasteiger partial charge in [0.05, 0.1) is 24.9 Å². The van der Waals surface area contributed by atoms with Gasteiger partial charge in [0, 0.05) is 41.2 Å².